The first-order valence-electron chi connectivity index (χ1n) is 11.9. The summed E-state index contributed by atoms with van der Waals surface area (Å²) >= 11 is 0. The molecular formula is C33H24O. The predicted octanol–water partition coefficient (Wildman–Crippen LogP) is 7.42. The van der Waals surface area contributed by atoms with Crippen molar-refractivity contribution in [3.8, 4) is 22.3 Å². The molecule has 34 heavy (non-hydrogen) atoms. The Kier molecular flexibility index (Phi) is 4.04. The van der Waals surface area contributed by atoms with E-state index >= 15 is 0 Å². The van der Waals surface area contributed by atoms with Crippen molar-refractivity contribution in [2.45, 2.75) is 18.4 Å². The summed E-state index contributed by atoms with van der Waals surface area (Å²) < 4.78 is 0. The van der Waals surface area contributed by atoms with Crippen LogP contribution in [0.3, 0.4) is 0 Å². The van der Waals surface area contributed by atoms with Gasteiger partial charge in [-0.1, -0.05) is 115 Å². The maximum atomic E-state index is 12.4. The van der Waals surface area contributed by atoms with E-state index in [0.717, 1.165) is 27.8 Å². The second-order valence-corrected chi connectivity index (χ2v) is 9.48. The fourth-order valence-electron chi connectivity index (χ4n) is 6.19. The number of benzene rings is 5. The molecule has 0 amide bonds. The van der Waals surface area contributed by atoms with Crippen molar-refractivity contribution in [3.05, 3.63) is 154 Å². The molecule has 0 spiro atoms. The molecule has 162 valence electrons. The van der Waals surface area contributed by atoms with Gasteiger partial charge in [-0.25, -0.2) is 0 Å². The van der Waals surface area contributed by atoms with Crippen LogP contribution in [0.2, 0.25) is 0 Å². The highest BCUT2D eigenvalue weighted by Gasteiger charge is 2.43. The van der Waals surface area contributed by atoms with Crippen LogP contribution in [-0.2, 0) is 5.60 Å². The summed E-state index contributed by atoms with van der Waals surface area (Å²) in [5.41, 5.74) is 11.7. The van der Waals surface area contributed by atoms with Crippen LogP contribution in [0.15, 0.2) is 115 Å². The first-order chi connectivity index (χ1) is 16.7. The molecule has 0 radical (unpaired) electrons. The summed E-state index contributed by atoms with van der Waals surface area (Å²) in [5, 5.41) is 12.4. The Hall–Kier alpha value is -3.94. The predicted molar refractivity (Wildman–Crippen MR) is 138 cm³/mol. The number of hydrogen-bond donors (Lipinski definition) is 1. The Labute approximate surface area is 200 Å². The summed E-state index contributed by atoms with van der Waals surface area (Å²) in [6, 6.07) is 40.5. The van der Waals surface area contributed by atoms with Crippen LogP contribution in [0.25, 0.3) is 22.3 Å². The zero-order chi connectivity index (χ0) is 22.9. The van der Waals surface area contributed by atoms with Gasteiger partial charge in [0, 0.05) is 17.0 Å². The third-order valence-corrected chi connectivity index (χ3v) is 7.77. The fourth-order valence-corrected chi connectivity index (χ4v) is 6.19. The average molecular weight is 437 g/mol. The molecule has 5 aromatic rings. The van der Waals surface area contributed by atoms with Crippen molar-refractivity contribution >= 4 is 0 Å². The molecular weight excluding hydrogens is 412 g/mol. The molecule has 0 bridgehead atoms. The highest BCUT2D eigenvalue weighted by Crippen LogP contribution is 2.53. The number of rotatable bonds is 2. The van der Waals surface area contributed by atoms with Gasteiger partial charge in [0.05, 0.1) is 0 Å². The summed E-state index contributed by atoms with van der Waals surface area (Å²) in [5.74, 6) is 0.155. The van der Waals surface area contributed by atoms with E-state index in [9.17, 15) is 5.11 Å². The minimum atomic E-state index is -1.17. The summed E-state index contributed by atoms with van der Waals surface area (Å²) in [6.45, 7) is 2.18. The number of fused-ring (bicyclic) bond motifs is 6. The monoisotopic (exact) mass is 436 g/mol. The highest BCUT2D eigenvalue weighted by molar-refractivity contribution is 5.83. The molecule has 2 aliphatic carbocycles. The Morgan fingerprint density at radius 1 is 0.529 bits per heavy atom. The van der Waals surface area contributed by atoms with Gasteiger partial charge in [0.15, 0.2) is 0 Å². The lowest BCUT2D eigenvalue weighted by Crippen LogP contribution is -2.26. The van der Waals surface area contributed by atoms with Gasteiger partial charge in [-0.15, -0.1) is 0 Å². The van der Waals surface area contributed by atoms with E-state index in [0.29, 0.717) is 0 Å². The maximum absolute atomic E-state index is 12.4. The third-order valence-electron chi connectivity index (χ3n) is 7.77. The van der Waals surface area contributed by atoms with Gasteiger partial charge in [-0.05, 0) is 57.0 Å². The Balaban J connectivity index is 1.48. The first kappa shape index (κ1) is 19.5. The molecule has 0 saturated carbocycles. The zero-order valence-corrected chi connectivity index (χ0v) is 19.0. The molecule has 7 rings (SSSR count). The lowest BCUT2D eigenvalue weighted by molar-refractivity contribution is 0.130. The molecule has 1 heteroatoms. The molecule has 1 N–H and O–H groups in total. The Morgan fingerprint density at radius 2 is 1.00 bits per heavy atom. The van der Waals surface area contributed by atoms with E-state index in [2.05, 4.69) is 97.9 Å². The van der Waals surface area contributed by atoms with Crippen LogP contribution in [0.5, 0.6) is 0 Å². The van der Waals surface area contributed by atoms with Crippen LogP contribution >= 0.6 is 0 Å². The highest BCUT2D eigenvalue weighted by atomic mass is 16.3. The molecule has 0 aliphatic heterocycles. The molecule has 2 aliphatic rings. The number of hydrogen-bond acceptors (Lipinski definition) is 1. The Morgan fingerprint density at radius 3 is 1.56 bits per heavy atom. The van der Waals surface area contributed by atoms with Crippen molar-refractivity contribution in [3.63, 3.8) is 0 Å². The molecule has 0 atom stereocenters. The maximum Gasteiger partial charge on any atom is 0.141 e. The van der Waals surface area contributed by atoms with Gasteiger partial charge in [-0.2, -0.15) is 0 Å². The van der Waals surface area contributed by atoms with Gasteiger partial charge in [-0.3, -0.25) is 0 Å². The van der Waals surface area contributed by atoms with Crippen molar-refractivity contribution in [2.24, 2.45) is 0 Å². The van der Waals surface area contributed by atoms with Crippen LogP contribution in [0.1, 0.15) is 44.9 Å². The average Bonchev–Trinajstić information content (AvgIpc) is 3.36. The van der Waals surface area contributed by atoms with Crippen molar-refractivity contribution in [1.82, 2.24) is 0 Å². The molecule has 0 heterocycles. The zero-order valence-electron chi connectivity index (χ0n) is 19.0. The van der Waals surface area contributed by atoms with E-state index in [-0.39, 0.29) is 5.92 Å². The van der Waals surface area contributed by atoms with Gasteiger partial charge >= 0.3 is 0 Å². The van der Waals surface area contributed by atoms with Gasteiger partial charge in [0.1, 0.15) is 5.60 Å². The van der Waals surface area contributed by atoms with Gasteiger partial charge < -0.3 is 5.11 Å². The van der Waals surface area contributed by atoms with E-state index in [1.54, 1.807) is 0 Å². The molecule has 0 unspecified atom stereocenters. The molecule has 5 aromatic carbocycles. The minimum absolute atomic E-state index is 0.155. The van der Waals surface area contributed by atoms with Crippen molar-refractivity contribution < 1.29 is 5.11 Å². The SMILES string of the molecule is Cc1ccc(C2(O)c3ccccc3-c3ccccc32)cc1C1c2ccccc2-c2ccccc21. The normalized spacial score (nSPS) is 14.9. The Bertz CT molecular complexity index is 1500. The van der Waals surface area contributed by atoms with E-state index in [1.807, 2.05) is 24.3 Å². The second-order valence-electron chi connectivity index (χ2n) is 9.48. The van der Waals surface area contributed by atoms with Crippen LogP contribution in [-0.4, -0.2) is 5.11 Å². The lowest BCUT2D eigenvalue weighted by atomic mass is 9.79. The van der Waals surface area contributed by atoms with Crippen LogP contribution in [0.4, 0.5) is 0 Å². The van der Waals surface area contributed by atoms with Crippen LogP contribution in [0, 0.1) is 6.92 Å². The quantitative estimate of drug-likeness (QED) is 0.299. The number of aryl methyl sites for hydroxylation is 1. The minimum Gasteiger partial charge on any atom is -0.376 e. The summed E-state index contributed by atoms with van der Waals surface area (Å²) in [7, 11) is 0. The van der Waals surface area contributed by atoms with Crippen molar-refractivity contribution in [2.75, 3.05) is 0 Å². The number of aliphatic hydroxyl groups is 1. The standard InChI is InChI=1S/C33H24O/c1-21-18-19-22(33(34)30-16-8-6-12-25(30)26-13-7-9-17-31(26)33)20-29(21)32-27-14-4-2-10-23(27)24-11-3-5-15-28(24)32/h2-20,32,34H,1H3. The van der Waals surface area contributed by atoms with Gasteiger partial charge in [0.2, 0.25) is 0 Å². The van der Waals surface area contributed by atoms with E-state index in [1.165, 1.54) is 33.4 Å². The summed E-state index contributed by atoms with van der Waals surface area (Å²) in [6.07, 6.45) is 0. The molecule has 0 aromatic heterocycles. The largest absolute Gasteiger partial charge is 0.376 e. The smallest absolute Gasteiger partial charge is 0.141 e. The summed E-state index contributed by atoms with van der Waals surface area (Å²) in [4.78, 5) is 0. The first-order valence-corrected chi connectivity index (χ1v) is 11.9. The molecule has 0 saturated heterocycles. The second kappa shape index (κ2) is 7.03. The van der Waals surface area contributed by atoms with Crippen LogP contribution < -0.4 is 0 Å². The van der Waals surface area contributed by atoms with Crippen molar-refractivity contribution in [1.29, 1.82) is 0 Å². The third kappa shape index (κ3) is 2.48. The molecule has 0 fully saturated rings. The topological polar surface area (TPSA) is 20.2 Å². The lowest BCUT2D eigenvalue weighted by Gasteiger charge is -2.28. The van der Waals surface area contributed by atoms with Gasteiger partial charge in [0.25, 0.3) is 0 Å². The van der Waals surface area contributed by atoms with E-state index < -0.39 is 5.60 Å². The fraction of sp³-hybridized carbons (Fsp3) is 0.0909. The molecule has 1 nitrogen and oxygen atoms in total. The van der Waals surface area contributed by atoms with E-state index in [4.69, 9.17) is 0 Å².